The Kier molecular flexibility index (Phi) is 3.83. The van der Waals surface area contributed by atoms with E-state index in [1.807, 2.05) is 24.3 Å². The molecule has 0 unspecified atom stereocenters. The lowest BCUT2D eigenvalue weighted by molar-refractivity contribution is 0.0690. The molecule has 1 atom stereocenters. The number of fused-ring (bicyclic) bond motifs is 1. The summed E-state index contributed by atoms with van der Waals surface area (Å²) in [6, 6.07) is 6.80. The van der Waals surface area contributed by atoms with Crippen molar-refractivity contribution in [1.29, 1.82) is 0 Å². The number of aromatic nitrogens is 2. The predicted molar refractivity (Wildman–Crippen MR) is 83.7 cm³/mol. The Labute approximate surface area is 134 Å². The van der Waals surface area contributed by atoms with Crippen LogP contribution in [-0.2, 0) is 0 Å². The Morgan fingerprint density at radius 2 is 2.09 bits per heavy atom. The monoisotopic (exact) mass is 331 g/mol. The van der Waals surface area contributed by atoms with E-state index in [1.54, 1.807) is 13.8 Å². The maximum Gasteiger partial charge on any atom is 0.341 e. The van der Waals surface area contributed by atoms with Crippen LogP contribution in [0.15, 0.2) is 28.8 Å². The van der Waals surface area contributed by atoms with Crippen molar-refractivity contribution < 1.29 is 19.2 Å². The van der Waals surface area contributed by atoms with Gasteiger partial charge in [-0.15, -0.1) is 11.3 Å². The minimum atomic E-state index is -1.14. The van der Waals surface area contributed by atoms with Crippen molar-refractivity contribution in [2.24, 2.45) is 0 Å². The van der Waals surface area contributed by atoms with Gasteiger partial charge < -0.3 is 14.9 Å². The molecule has 2 N–H and O–H groups in total. The number of nitrogens with one attached hydrogen (secondary N) is 1. The van der Waals surface area contributed by atoms with Crippen LogP contribution in [0, 0.1) is 6.92 Å². The molecule has 0 aliphatic carbocycles. The molecule has 2 heterocycles. The van der Waals surface area contributed by atoms with Crippen molar-refractivity contribution in [1.82, 2.24) is 15.5 Å². The van der Waals surface area contributed by atoms with Crippen LogP contribution in [0.1, 0.15) is 44.6 Å². The predicted octanol–water partition coefficient (Wildman–Crippen LogP) is 2.78. The number of hydrogen-bond acceptors (Lipinski definition) is 6. The SMILES string of the molecule is Cc1noc([C@@H](C)NC(=O)c2nc3ccccc3s2)c1C(=O)O. The number of amides is 1. The topological polar surface area (TPSA) is 105 Å². The number of nitrogens with zero attached hydrogens (tertiary/aromatic N) is 2. The lowest BCUT2D eigenvalue weighted by atomic mass is 10.1. The first-order valence-electron chi connectivity index (χ1n) is 6.83. The normalized spacial score (nSPS) is 12.3. The quantitative estimate of drug-likeness (QED) is 0.761. The van der Waals surface area contributed by atoms with Crippen LogP contribution in [0.2, 0.25) is 0 Å². The number of para-hydroxylation sites is 1. The summed E-state index contributed by atoms with van der Waals surface area (Å²) in [6.45, 7) is 3.18. The first kappa shape index (κ1) is 15.2. The molecule has 2 aromatic heterocycles. The Hall–Kier alpha value is -2.74. The third kappa shape index (κ3) is 2.80. The molecule has 0 aliphatic heterocycles. The summed E-state index contributed by atoms with van der Waals surface area (Å²) in [5.74, 6) is -1.41. The maximum atomic E-state index is 12.3. The fourth-order valence-corrected chi connectivity index (χ4v) is 3.10. The van der Waals surface area contributed by atoms with Gasteiger partial charge >= 0.3 is 5.97 Å². The highest BCUT2D eigenvalue weighted by Gasteiger charge is 2.26. The van der Waals surface area contributed by atoms with E-state index in [-0.39, 0.29) is 22.9 Å². The third-order valence-electron chi connectivity index (χ3n) is 3.33. The zero-order valence-corrected chi connectivity index (χ0v) is 13.2. The van der Waals surface area contributed by atoms with Crippen LogP contribution in [0.4, 0.5) is 0 Å². The average Bonchev–Trinajstić information content (AvgIpc) is 3.10. The lowest BCUT2D eigenvalue weighted by Gasteiger charge is -2.10. The van der Waals surface area contributed by atoms with Crippen LogP contribution in [0.5, 0.6) is 0 Å². The van der Waals surface area contributed by atoms with E-state index in [9.17, 15) is 14.7 Å². The molecular formula is C15H13N3O4S. The Bertz CT molecular complexity index is 866. The molecule has 7 nitrogen and oxygen atoms in total. The van der Waals surface area contributed by atoms with Gasteiger partial charge in [0.1, 0.15) is 5.56 Å². The Balaban J connectivity index is 1.83. The smallest absolute Gasteiger partial charge is 0.341 e. The molecule has 8 heteroatoms. The first-order chi connectivity index (χ1) is 11.0. The molecule has 0 spiro atoms. The molecule has 0 bridgehead atoms. The number of carbonyl (C=O) groups excluding carboxylic acids is 1. The molecule has 3 rings (SSSR count). The Morgan fingerprint density at radius 1 is 1.35 bits per heavy atom. The van der Waals surface area contributed by atoms with Gasteiger partial charge in [-0.2, -0.15) is 0 Å². The number of carbonyl (C=O) groups is 2. The molecule has 0 saturated heterocycles. The summed E-state index contributed by atoms with van der Waals surface area (Å²) in [7, 11) is 0. The van der Waals surface area contributed by atoms with Crippen molar-refractivity contribution in [3.63, 3.8) is 0 Å². The van der Waals surface area contributed by atoms with E-state index in [1.165, 1.54) is 11.3 Å². The molecule has 0 fully saturated rings. The summed E-state index contributed by atoms with van der Waals surface area (Å²) in [5.41, 5.74) is 0.993. The van der Waals surface area contributed by atoms with Crippen molar-refractivity contribution in [3.05, 3.63) is 46.3 Å². The van der Waals surface area contributed by atoms with Crippen LogP contribution >= 0.6 is 11.3 Å². The molecular weight excluding hydrogens is 318 g/mol. The van der Waals surface area contributed by atoms with Crippen molar-refractivity contribution in [3.8, 4) is 0 Å². The van der Waals surface area contributed by atoms with Gasteiger partial charge in [0.2, 0.25) is 0 Å². The fraction of sp³-hybridized carbons (Fsp3) is 0.200. The largest absolute Gasteiger partial charge is 0.477 e. The van der Waals surface area contributed by atoms with E-state index < -0.39 is 12.0 Å². The van der Waals surface area contributed by atoms with Gasteiger partial charge in [0, 0.05) is 0 Å². The van der Waals surface area contributed by atoms with Gasteiger partial charge in [-0.25, -0.2) is 9.78 Å². The second-order valence-electron chi connectivity index (χ2n) is 4.99. The van der Waals surface area contributed by atoms with E-state index in [4.69, 9.17) is 4.52 Å². The van der Waals surface area contributed by atoms with Gasteiger partial charge in [0.05, 0.1) is 22.0 Å². The summed E-state index contributed by atoms with van der Waals surface area (Å²) in [4.78, 5) is 27.8. The number of benzene rings is 1. The highest BCUT2D eigenvalue weighted by Crippen LogP contribution is 2.24. The standard InChI is InChI=1S/C15H13N3O4S/c1-7-11(15(20)21)12(22-18-7)8(2)16-13(19)14-17-9-5-3-4-6-10(9)23-14/h3-6,8H,1-2H3,(H,16,19)(H,20,21)/t8-/m1/s1. The van der Waals surface area contributed by atoms with E-state index in [0.29, 0.717) is 5.01 Å². The van der Waals surface area contributed by atoms with Crippen molar-refractivity contribution in [2.45, 2.75) is 19.9 Å². The summed E-state index contributed by atoms with van der Waals surface area (Å²) >= 11 is 1.27. The number of thiazole rings is 1. The van der Waals surface area contributed by atoms with Crippen LogP contribution in [0.3, 0.4) is 0 Å². The number of rotatable bonds is 4. The van der Waals surface area contributed by atoms with Crippen molar-refractivity contribution in [2.75, 3.05) is 0 Å². The molecule has 0 radical (unpaired) electrons. The molecule has 118 valence electrons. The number of carboxylic acid groups (broad SMARTS) is 1. The molecule has 23 heavy (non-hydrogen) atoms. The van der Waals surface area contributed by atoms with E-state index >= 15 is 0 Å². The third-order valence-corrected chi connectivity index (χ3v) is 4.37. The summed E-state index contributed by atoms with van der Waals surface area (Å²) in [5, 5.41) is 15.9. The van der Waals surface area contributed by atoms with Crippen LogP contribution in [-0.4, -0.2) is 27.1 Å². The number of aromatic carboxylic acids is 1. The zero-order valence-electron chi connectivity index (χ0n) is 12.4. The second kappa shape index (κ2) is 5.81. The summed E-state index contributed by atoms with van der Waals surface area (Å²) in [6.07, 6.45) is 0. The minimum absolute atomic E-state index is 0.0258. The second-order valence-corrected chi connectivity index (χ2v) is 6.02. The fourth-order valence-electron chi connectivity index (χ4n) is 2.24. The zero-order chi connectivity index (χ0) is 16.6. The number of hydrogen-bond donors (Lipinski definition) is 2. The molecule has 0 saturated carbocycles. The van der Waals surface area contributed by atoms with Gasteiger partial charge in [-0.05, 0) is 26.0 Å². The highest BCUT2D eigenvalue weighted by atomic mass is 32.1. The molecule has 1 aromatic carbocycles. The van der Waals surface area contributed by atoms with Gasteiger partial charge in [0.25, 0.3) is 5.91 Å². The van der Waals surface area contributed by atoms with Gasteiger partial charge in [-0.1, -0.05) is 17.3 Å². The van der Waals surface area contributed by atoms with Gasteiger partial charge in [-0.3, -0.25) is 4.79 Å². The molecule has 3 aromatic rings. The first-order valence-corrected chi connectivity index (χ1v) is 7.65. The molecule has 1 amide bonds. The number of aryl methyl sites for hydroxylation is 1. The summed E-state index contributed by atoms with van der Waals surface area (Å²) < 4.78 is 5.96. The van der Waals surface area contributed by atoms with Crippen LogP contribution in [0.25, 0.3) is 10.2 Å². The van der Waals surface area contributed by atoms with E-state index in [2.05, 4.69) is 15.5 Å². The number of carboxylic acids is 1. The Morgan fingerprint density at radius 3 is 2.78 bits per heavy atom. The van der Waals surface area contributed by atoms with Gasteiger partial charge in [0.15, 0.2) is 10.8 Å². The molecule has 0 aliphatic rings. The average molecular weight is 331 g/mol. The van der Waals surface area contributed by atoms with E-state index in [0.717, 1.165) is 10.2 Å². The maximum absolute atomic E-state index is 12.3. The van der Waals surface area contributed by atoms with Crippen molar-refractivity contribution >= 4 is 33.4 Å². The van der Waals surface area contributed by atoms with Crippen LogP contribution < -0.4 is 5.32 Å². The highest BCUT2D eigenvalue weighted by molar-refractivity contribution is 7.20. The minimum Gasteiger partial charge on any atom is -0.477 e. The lowest BCUT2D eigenvalue weighted by Crippen LogP contribution is -2.27.